The van der Waals surface area contributed by atoms with Crippen LogP contribution in [0.2, 0.25) is 0 Å². The zero-order chi connectivity index (χ0) is 39.1. The molecular formula is C42H40F3N7O3. The summed E-state index contributed by atoms with van der Waals surface area (Å²) in [7, 11) is 0. The smallest absolute Gasteiger partial charge is 0.303 e. The second-order valence-electron chi connectivity index (χ2n) is 13.3. The van der Waals surface area contributed by atoms with Crippen LogP contribution in [0.4, 0.5) is 13.2 Å². The van der Waals surface area contributed by atoms with E-state index in [-0.39, 0.29) is 42.2 Å². The van der Waals surface area contributed by atoms with Crippen LogP contribution in [0.5, 0.6) is 0 Å². The largest absolute Gasteiger partial charge is 0.481 e. The molecule has 13 heteroatoms. The molecule has 2 N–H and O–H groups in total. The minimum absolute atomic E-state index is 0.00568. The van der Waals surface area contributed by atoms with E-state index in [1.165, 1.54) is 36.4 Å². The molecule has 1 amide bonds. The Morgan fingerprint density at radius 2 is 1.04 bits per heavy atom. The van der Waals surface area contributed by atoms with Gasteiger partial charge in [-0.25, -0.2) is 33.1 Å². The van der Waals surface area contributed by atoms with Gasteiger partial charge >= 0.3 is 5.97 Å². The lowest BCUT2D eigenvalue weighted by Crippen LogP contribution is -2.27. The van der Waals surface area contributed by atoms with Gasteiger partial charge < -0.3 is 19.6 Å². The average Bonchev–Trinajstić information content (AvgIpc) is 3.68. The third kappa shape index (κ3) is 9.99. The molecule has 0 spiro atoms. The lowest BCUT2D eigenvalue weighted by molar-refractivity contribution is -0.137. The fraction of sp³-hybridized carbons (Fsp3) is 0.238. The monoisotopic (exact) mass is 747 g/mol. The Labute approximate surface area is 315 Å². The van der Waals surface area contributed by atoms with Crippen molar-refractivity contribution in [1.82, 2.24) is 34.4 Å². The number of carboxylic acids is 1. The van der Waals surface area contributed by atoms with Crippen LogP contribution in [0.15, 0.2) is 97.1 Å². The van der Waals surface area contributed by atoms with Crippen LogP contribution in [-0.2, 0) is 35.5 Å². The molecule has 0 radical (unpaired) electrons. The van der Waals surface area contributed by atoms with Gasteiger partial charge in [0.25, 0.3) is 0 Å². The standard InChI is InChI=1S/C25H24F2N4O.C17H16FN3O2/c1-16-3-12-22-25(28-16)31(15-18-4-8-20(26)9-5-18)23(30-22)13-14-24(32)29-17(2)19-6-10-21(27)11-7-19;1-11-2-7-14-17(19-11)21(15(20-14)8-9-16(22)23)10-12-3-5-13(18)6-4-12/h3-12,17H,13-15H2,1-2H3,(H,29,32);2-7H,8-10H2,1H3,(H,22,23)/t17-;/m0./s1. The van der Waals surface area contributed by atoms with Crippen LogP contribution < -0.4 is 5.32 Å². The van der Waals surface area contributed by atoms with Gasteiger partial charge in [-0.2, -0.15) is 0 Å². The molecule has 0 aliphatic rings. The number of hydrogen-bond acceptors (Lipinski definition) is 6. The number of hydrogen-bond donors (Lipinski definition) is 2. The molecule has 0 aliphatic carbocycles. The predicted octanol–water partition coefficient (Wildman–Crippen LogP) is 7.82. The zero-order valence-electron chi connectivity index (χ0n) is 30.6. The highest BCUT2D eigenvalue weighted by Crippen LogP contribution is 2.21. The van der Waals surface area contributed by atoms with Gasteiger partial charge in [0.05, 0.1) is 25.6 Å². The first kappa shape index (κ1) is 38.4. The zero-order valence-corrected chi connectivity index (χ0v) is 30.6. The number of halogens is 3. The summed E-state index contributed by atoms with van der Waals surface area (Å²) in [6.45, 7) is 6.63. The van der Waals surface area contributed by atoms with Gasteiger partial charge in [-0.05, 0) is 98.1 Å². The number of fused-ring (bicyclic) bond motifs is 2. The Bertz CT molecular complexity index is 2430. The van der Waals surface area contributed by atoms with E-state index >= 15 is 0 Å². The maximum Gasteiger partial charge on any atom is 0.303 e. The summed E-state index contributed by atoms with van der Waals surface area (Å²) >= 11 is 0. The molecule has 4 heterocycles. The molecule has 3 aromatic carbocycles. The van der Waals surface area contributed by atoms with Gasteiger partial charge in [0.2, 0.25) is 5.91 Å². The first-order valence-corrected chi connectivity index (χ1v) is 17.8. The number of amides is 1. The lowest BCUT2D eigenvalue weighted by atomic mass is 10.1. The highest BCUT2D eigenvalue weighted by molar-refractivity contribution is 5.77. The van der Waals surface area contributed by atoms with Gasteiger partial charge in [-0.1, -0.05) is 36.4 Å². The second kappa shape index (κ2) is 17.2. The van der Waals surface area contributed by atoms with Crippen LogP contribution in [0, 0.1) is 31.3 Å². The Morgan fingerprint density at radius 3 is 1.47 bits per heavy atom. The summed E-state index contributed by atoms with van der Waals surface area (Å²) in [5, 5.41) is 11.9. The lowest BCUT2D eigenvalue weighted by Gasteiger charge is -2.14. The molecule has 10 nitrogen and oxygen atoms in total. The number of aromatic nitrogens is 6. The van der Waals surface area contributed by atoms with E-state index in [1.807, 2.05) is 54.2 Å². The van der Waals surface area contributed by atoms with E-state index in [1.54, 1.807) is 36.4 Å². The summed E-state index contributed by atoms with van der Waals surface area (Å²) in [4.78, 5) is 41.8. The fourth-order valence-electron chi connectivity index (χ4n) is 6.14. The van der Waals surface area contributed by atoms with Gasteiger partial charge in [0, 0.05) is 30.7 Å². The number of aliphatic carboxylic acids is 1. The normalized spacial score (nSPS) is 11.7. The molecule has 282 valence electrons. The van der Waals surface area contributed by atoms with Gasteiger partial charge in [-0.3, -0.25) is 9.59 Å². The molecule has 7 rings (SSSR count). The maximum atomic E-state index is 13.3. The maximum absolute atomic E-state index is 13.3. The number of pyridine rings is 2. The summed E-state index contributed by atoms with van der Waals surface area (Å²) in [5.74, 6) is -0.455. The number of nitrogens with one attached hydrogen (secondary N) is 1. The molecular weight excluding hydrogens is 708 g/mol. The van der Waals surface area contributed by atoms with Gasteiger partial charge in [-0.15, -0.1) is 0 Å². The van der Waals surface area contributed by atoms with Crippen molar-refractivity contribution in [3.8, 4) is 0 Å². The van der Waals surface area contributed by atoms with Crippen molar-refractivity contribution in [3.05, 3.63) is 154 Å². The van der Waals surface area contributed by atoms with Crippen LogP contribution in [-0.4, -0.2) is 46.1 Å². The van der Waals surface area contributed by atoms with Crippen molar-refractivity contribution < 1.29 is 27.9 Å². The third-order valence-electron chi connectivity index (χ3n) is 9.01. The molecule has 4 aromatic heterocycles. The minimum atomic E-state index is -0.866. The fourth-order valence-corrected chi connectivity index (χ4v) is 6.14. The summed E-state index contributed by atoms with van der Waals surface area (Å²) in [6, 6.07) is 26.0. The number of nitrogens with zero attached hydrogens (tertiary/aromatic N) is 6. The van der Waals surface area contributed by atoms with Crippen molar-refractivity contribution in [3.63, 3.8) is 0 Å². The molecule has 0 saturated carbocycles. The number of aryl methyl sites for hydroxylation is 4. The molecule has 0 bridgehead atoms. The van der Waals surface area contributed by atoms with Gasteiger partial charge in [0.1, 0.15) is 40.1 Å². The Balaban J connectivity index is 0.000000197. The van der Waals surface area contributed by atoms with E-state index in [9.17, 15) is 22.8 Å². The summed E-state index contributed by atoms with van der Waals surface area (Å²) in [6.07, 6.45) is 1.01. The minimum Gasteiger partial charge on any atom is -0.481 e. The molecule has 0 saturated heterocycles. The number of carbonyl (C=O) groups is 2. The van der Waals surface area contributed by atoms with Gasteiger partial charge in [0.15, 0.2) is 11.3 Å². The van der Waals surface area contributed by atoms with E-state index in [4.69, 9.17) is 10.1 Å². The van der Waals surface area contributed by atoms with E-state index < -0.39 is 5.97 Å². The van der Waals surface area contributed by atoms with Crippen molar-refractivity contribution in [2.45, 2.75) is 65.6 Å². The van der Waals surface area contributed by atoms with Crippen LogP contribution in [0.1, 0.15) is 65.5 Å². The number of carbonyl (C=O) groups excluding carboxylic acids is 1. The van der Waals surface area contributed by atoms with Crippen LogP contribution >= 0.6 is 0 Å². The number of imidazole rings is 2. The van der Waals surface area contributed by atoms with E-state index in [0.717, 1.165) is 56.2 Å². The molecule has 1 atom stereocenters. The number of carboxylic acid groups (broad SMARTS) is 1. The summed E-state index contributed by atoms with van der Waals surface area (Å²) in [5.41, 5.74) is 7.35. The van der Waals surface area contributed by atoms with Crippen molar-refractivity contribution in [1.29, 1.82) is 0 Å². The Hall–Kier alpha value is -6.37. The number of benzene rings is 3. The molecule has 55 heavy (non-hydrogen) atoms. The molecule has 0 aliphatic heterocycles. The molecule has 7 aromatic rings. The SMILES string of the molecule is Cc1ccc2nc(CCC(=O)N[C@@H](C)c3ccc(F)cc3)n(Cc3ccc(F)cc3)c2n1.Cc1ccc2nc(CCC(=O)O)n(Cc3ccc(F)cc3)c2n1. The van der Waals surface area contributed by atoms with E-state index in [2.05, 4.69) is 20.3 Å². The molecule has 0 fully saturated rings. The van der Waals surface area contributed by atoms with Crippen molar-refractivity contribution in [2.24, 2.45) is 0 Å². The van der Waals surface area contributed by atoms with Crippen LogP contribution in [0.25, 0.3) is 22.3 Å². The van der Waals surface area contributed by atoms with Crippen molar-refractivity contribution >= 4 is 34.2 Å². The first-order valence-electron chi connectivity index (χ1n) is 17.8. The Morgan fingerprint density at radius 1 is 0.618 bits per heavy atom. The predicted molar refractivity (Wildman–Crippen MR) is 203 cm³/mol. The molecule has 0 unspecified atom stereocenters. The third-order valence-corrected chi connectivity index (χ3v) is 9.01. The quantitative estimate of drug-likeness (QED) is 0.131. The first-order chi connectivity index (χ1) is 26.4. The van der Waals surface area contributed by atoms with Crippen molar-refractivity contribution in [2.75, 3.05) is 0 Å². The number of rotatable bonds is 12. The van der Waals surface area contributed by atoms with E-state index in [0.29, 0.717) is 31.8 Å². The topological polar surface area (TPSA) is 128 Å². The van der Waals surface area contributed by atoms with Crippen LogP contribution in [0.3, 0.4) is 0 Å². The highest BCUT2D eigenvalue weighted by atomic mass is 19.1. The highest BCUT2D eigenvalue weighted by Gasteiger charge is 2.17. The average molecular weight is 748 g/mol. The summed E-state index contributed by atoms with van der Waals surface area (Å²) < 4.78 is 43.4. The Kier molecular flexibility index (Phi) is 12.0. The second-order valence-corrected chi connectivity index (χ2v) is 13.3.